The SMILES string of the molecule is NCCCc1nc(N)c2c(n1)COC2. The molecule has 0 aromatic carbocycles. The highest BCUT2D eigenvalue weighted by molar-refractivity contribution is 5.43. The van der Waals surface area contributed by atoms with Gasteiger partial charge < -0.3 is 16.2 Å². The van der Waals surface area contributed by atoms with E-state index in [4.69, 9.17) is 16.2 Å². The van der Waals surface area contributed by atoms with E-state index in [-0.39, 0.29) is 0 Å². The van der Waals surface area contributed by atoms with E-state index in [1.807, 2.05) is 0 Å². The molecule has 1 aliphatic rings. The molecule has 0 unspecified atom stereocenters. The lowest BCUT2D eigenvalue weighted by Crippen LogP contribution is -2.08. The van der Waals surface area contributed by atoms with Crippen molar-refractivity contribution in [2.75, 3.05) is 12.3 Å². The number of anilines is 1. The summed E-state index contributed by atoms with van der Waals surface area (Å²) < 4.78 is 5.25. The highest BCUT2D eigenvalue weighted by Gasteiger charge is 2.17. The summed E-state index contributed by atoms with van der Waals surface area (Å²) in [5.41, 5.74) is 13.1. The molecule has 5 nitrogen and oxygen atoms in total. The van der Waals surface area contributed by atoms with Gasteiger partial charge in [0.1, 0.15) is 11.6 Å². The van der Waals surface area contributed by atoms with Crippen LogP contribution in [0.1, 0.15) is 23.5 Å². The van der Waals surface area contributed by atoms with Crippen molar-refractivity contribution in [3.63, 3.8) is 0 Å². The van der Waals surface area contributed by atoms with E-state index < -0.39 is 0 Å². The fourth-order valence-electron chi connectivity index (χ4n) is 1.50. The van der Waals surface area contributed by atoms with E-state index in [1.165, 1.54) is 0 Å². The molecule has 0 atom stereocenters. The average Bonchev–Trinajstić information content (AvgIpc) is 2.63. The summed E-state index contributed by atoms with van der Waals surface area (Å²) in [6.45, 7) is 1.74. The van der Waals surface area contributed by atoms with Crippen LogP contribution in [0, 0.1) is 0 Å². The zero-order chi connectivity index (χ0) is 9.97. The standard InChI is InChI=1S/C9H14N4O/c10-3-1-2-8-12-7-5-14-4-6(7)9(11)13-8/h1-5,10H2,(H2,11,12,13). The summed E-state index contributed by atoms with van der Waals surface area (Å²) in [6.07, 6.45) is 1.67. The molecule has 2 rings (SSSR count). The number of hydrogen-bond acceptors (Lipinski definition) is 5. The Kier molecular flexibility index (Phi) is 2.60. The van der Waals surface area contributed by atoms with Crippen LogP contribution in [0.25, 0.3) is 0 Å². The van der Waals surface area contributed by atoms with Crippen molar-refractivity contribution in [2.24, 2.45) is 5.73 Å². The molecule has 1 aromatic heterocycles. The molecule has 5 heteroatoms. The first kappa shape index (κ1) is 9.36. The van der Waals surface area contributed by atoms with Gasteiger partial charge in [-0.3, -0.25) is 0 Å². The molecule has 4 N–H and O–H groups in total. The molecule has 0 aliphatic carbocycles. The van der Waals surface area contributed by atoms with Gasteiger partial charge in [-0.25, -0.2) is 9.97 Å². The Morgan fingerprint density at radius 1 is 1.29 bits per heavy atom. The molecule has 2 heterocycles. The van der Waals surface area contributed by atoms with Gasteiger partial charge in [-0.05, 0) is 13.0 Å². The van der Waals surface area contributed by atoms with E-state index in [0.29, 0.717) is 25.6 Å². The number of nitrogens with zero attached hydrogens (tertiary/aromatic N) is 2. The van der Waals surface area contributed by atoms with Crippen LogP contribution in [-0.4, -0.2) is 16.5 Å². The minimum absolute atomic E-state index is 0.540. The summed E-state index contributed by atoms with van der Waals surface area (Å²) in [5, 5.41) is 0. The van der Waals surface area contributed by atoms with Crippen molar-refractivity contribution in [3.8, 4) is 0 Å². The topological polar surface area (TPSA) is 87.0 Å². The number of nitrogen functional groups attached to an aromatic ring is 1. The maximum absolute atomic E-state index is 5.78. The lowest BCUT2D eigenvalue weighted by molar-refractivity contribution is 0.133. The van der Waals surface area contributed by atoms with Crippen LogP contribution in [0.2, 0.25) is 0 Å². The summed E-state index contributed by atoms with van der Waals surface area (Å²) in [4.78, 5) is 8.59. The Labute approximate surface area is 82.5 Å². The molecule has 1 aromatic rings. The smallest absolute Gasteiger partial charge is 0.133 e. The van der Waals surface area contributed by atoms with Crippen molar-refractivity contribution in [3.05, 3.63) is 17.1 Å². The van der Waals surface area contributed by atoms with Crippen LogP contribution in [0.15, 0.2) is 0 Å². The zero-order valence-electron chi connectivity index (χ0n) is 7.99. The van der Waals surface area contributed by atoms with Crippen molar-refractivity contribution in [1.82, 2.24) is 9.97 Å². The molecule has 0 bridgehead atoms. The Hall–Kier alpha value is -1.20. The number of aromatic nitrogens is 2. The lowest BCUT2D eigenvalue weighted by atomic mass is 10.2. The minimum Gasteiger partial charge on any atom is -0.383 e. The number of aryl methyl sites for hydroxylation is 1. The molecule has 14 heavy (non-hydrogen) atoms. The van der Waals surface area contributed by atoms with E-state index in [9.17, 15) is 0 Å². The van der Waals surface area contributed by atoms with Crippen LogP contribution in [0.4, 0.5) is 5.82 Å². The summed E-state index contributed by atoms with van der Waals surface area (Å²) >= 11 is 0. The first-order chi connectivity index (χ1) is 6.81. The molecule has 1 aliphatic heterocycles. The third kappa shape index (κ3) is 1.69. The number of nitrogens with two attached hydrogens (primary N) is 2. The van der Waals surface area contributed by atoms with Crippen LogP contribution in [0.5, 0.6) is 0 Å². The Morgan fingerprint density at radius 3 is 2.93 bits per heavy atom. The second-order valence-electron chi connectivity index (χ2n) is 3.34. The fourth-order valence-corrected chi connectivity index (χ4v) is 1.50. The molecule has 0 radical (unpaired) electrons. The van der Waals surface area contributed by atoms with Crippen molar-refractivity contribution in [1.29, 1.82) is 0 Å². The third-order valence-corrected chi connectivity index (χ3v) is 2.26. The number of fused-ring (bicyclic) bond motifs is 1. The summed E-state index contributed by atoms with van der Waals surface area (Å²) in [5.74, 6) is 1.33. The molecule has 0 saturated carbocycles. The quantitative estimate of drug-likeness (QED) is 0.706. The molecular weight excluding hydrogens is 180 g/mol. The molecule has 0 amide bonds. The predicted octanol–water partition coefficient (Wildman–Crippen LogP) is -0.0197. The number of ether oxygens (including phenoxy) is 1. The lowest BCUT2D eigenvalue weighted by Gasteiger charge is -2.04. The van der Waals surface area contributed by atoms with Crippen LogP contribution in [0.3, 0.4) is 0 Å². The van der Waals surface area contributed by atoms with Gasteiger partial charge in [0, 0.05) is 12.0 Å². The molecular formula is C9H14N4O. The Bertz CT molecular complexity index is 340. The second-order valence-corrected chi connectivity index (χ2v) is 3.34. The first-order valence-corrected chi connectivity index (χ1v) is 4.73. The summed E-state index contributed by atoms with van der Waals surface area (Å²) in [6, 6.07) is 0. The zero-order valence-corrected chi connectivity index (χ0v) is 7.99. The molecule has 0 spiro atoms. The van der Waals surface area contributed by atoms with Gasteiger partial charge in [0.25, 0.3) is 0 Å². The van der Waals surface area contributed by atoms with Gasteiger partial charge >= 0.3 is 0 Å². The highest BCUT2D eigenvalue weighted by atomic mass is 16.5. The van der Waals surface area contributed by atoms with Crippen molar-refractivity contribution < 1.29 is 4.74 Å². The molecule has 76 valence electrons. The van der Waals surface area contributed by atoms with Gasteiger partial charge in [-0.2, -0.15) is 0 Å². The molecule has 0 saturated heterocycles. The van der Waals surface area contributed by atoms with Crippen LogP contribution < -0.4 is 11.5 Å². The largest absolute Gasteiger partial charge is 0.383 e. The van der Waals surface area contributed by atoms with Crippen LogP contribution >= 0.6 is 0 Å². The number of rotatable bonds is 3. The van der Waals surface area contributed by atoms with Gasteiger partial charge in [0.2, 0.25) is 0 Å². The fraction of sp³-hybridized carbons (Fsp3) is 0.556. The van der Waals surface area contributed by atoms with Crippen molar-refractivity contribution in [2.45, 2.75) is 26.1 Å². The van der Waals surface area contributed by atoms with E-state index in [2.05, 4.69) is 9.97 Å². The second kappa shape index (κ2) is 3.89. The maximum atomic E-state index is 5.78. The first-order valence-electron chi connectivity index (χ1n) is 4.73. The van der Waals surface area contributed by atoms with Crippen LogP contribution in [-0.2, 0) is 24.4 Å². The van der Waals surface area contributed by atoms with Gasteiger partial charge in [-0.15, -0.1) is 0 Å². The van der Waals surface area contributed by atoms with Gasteiger partial charge in [-0.1, -0.05) is 0 Å². The predicted molar refractivity (Wildman–Crippen MR) is 52.3 cm³/mol. The number of hydrogen-bond donors (Lipinski definition) is 2. The van der Waals surface area contributed by atoms with Crippen molar-refractivity contribution >= 4 is 5.82 Å². The average molecular weight is 194 g/mol. The third-order valence-electron chi connectivity index (χ3n) is 2.26. The minimum atomic E-state index is 0.540. The normalized spacial score (nSPS) is 14.4. The maximum Gasteiger partial charge on any atom is 0.133 e. The Balaban J connectivity index is 2.23. The van der Waals surface area contributed by atoms with E-state index in [1.54, 1.807) is 0 Å². The monoisotopic (exact) mass is 194 g/mol. The van der Waals surface area contributed by atoms with E-state index >= 15 is 0 Å². The Morgan fingerprint density at radius 2 is 2.14 bits per heavy atom. The van der Waals surface area contributed by atoms with Gasteiger partial charge in [0.15, 0.2) is 0 Å². The highest BCUT2D eigenvalue weighted by Crippen LogP contribution is 2.22. The molecule has 0 fully saturated rings. The van der Waals surface area contributed by atoms with Gasteiger partial charge in [0.05, 0.1) is 18.9 Å². The van der Waals surface area contributed by atoms with E-state index in [0.717, 1.165) is 29.9 Å². The summed E-state index contributed by atoms with van der Waals surface area (Å²) in [7, 11) is 0.